The van der Waals surface area contributed by atoms with Crippen molar-refractivity contribution in [3.05, 3.63) is 41.6 Å². The van der Waals surface area contributed by atoms with Gasteiger partial charge in [0.2, 0.25) is 0 Å². The molecule has 2 aromatic rings. The number of hydrogen-bond donors (Lipinski definition) is 1. The van der Waals surface area contributed by atoms with Crippen LogP contribution in [0.15, 0.2) is 30.3 Å². The molecule has 0 bridgehead atoms. The van der Waals surface area contributed by atoms with Crippen molar-refractivity contribution in [3.8, 4) is 0 Å². The first-order chi connectivity index (χ1) is 9.50. The molecule has 1 aromatic carbocycles. The Morgan fingerprint density at radius 1 is 1.35 bits per heavy atom. The zero-order chi connectivity index (χ0) is 14.7. The Morgan fingerprint density at radius 3 is 2.70 bits per heavy atom. The number of hydrogen-bond acceptors (Lipinski definition) is 2. The molecule has 2 rings (SSSR count). The van der Waals surface area contributed by atoms with E-state index in [-0.39, 0.29) is 0 Å². The number of aliphatic carboxylic acids is 1. The van der Waals surface area contributed by atoms with E-state index < -0.39 is 5.97 Å². The zero-order valence-corrected chi connectivity index (χ0v) is 12.1. The van der Waals surface area contributed by atoms with E-state index in [1.807, 2.05) is 39.2 Å². The molecule has 0 aliphatic rings. The van der Waals surface area contributed by atoms with Crippen LogP contribution < -0.4 is 0 Å². The molecule has 1 aromatic heterocycles. The van der Waals surface area contributed by atoms with Crippen molar-refractivity contribution in [2.45, 2.75) is 13.5 Å². The first kappa shape index (κ1) is 14.3. The first-order valence-corrected chi connectivity index (χ1v) is 6.64. The topological polar surface area (TPSA) is 45.5 Å². The Labute approximate surface area is 118 Å². The Balaban J connectivity index is 2.52. The van der Waals surface area contributed by atoms with Crippen molar-refractivity contribution in [1.82, 2.24) is 9.47 Å². The maximum Gasteiger partial charge on any atom is 0.328 e. The second kappa shape index (κ2) is 5.92. The lowest BCUT2D eigenvalue weighted by Crippen LogP contribution is -2.18. The molecule has 4 heteroatoms. The average molecular weight is 272 g/mol. The summed E-state index contributed by atoms with van der Waals surface area (Å²) in [5, 5.41) is 9.92. The van der Waals surface area contributed by atoms with Gasteiger partial charge < -0.3 is 14.6 Å². The zero-order valence-electron chi connectivity index (χ0n) is 12.1. The normalized spacial score (nSPS) is 11.8. The van der Waals surface area contributed by atoms with Crippen LogP contribution in [0, 0.1) is 6.92 Å². The lowest BCUT2D eigenvalue weighted by atomic mass is 10.1. The molecule has 20 heavy (non-hydrogen) atoms. The maximum atomic E-state index is 10.7. The minimum Gasteiger partial charge on any atom is -0.478 e. The van der Waals surface area contributed by atoms with E-state index in [4.69, 9.17) is 5.11 Å². The van der Waals surface area contributed by atoms with Gasteiger partial charge in [0.1, 0.15) is 0 Å². The van der Waals surface area contributed by atoms with Gasteiger partial charge in [-0.15, -0.1) is 0 Å². The lowest BCUT2D eigenvalue weighted by molar-refractivity contribution is -0.131. The number of para-hydroxylation sites is 1. The van der Waals surface area contributed by atoms with Gasteiger partial charge in [0.15, 0.2) is 0 Å². The van der Waals surface area contributed by atoms with Crippen LogP contribution in [0.2, 0.25) is 0 Å². The lowest BCUT2D eigenvalue weighted by Gasteiger charge is -2.13. The number of likely N-dealkylation sites (N-methyl/N-ethyl adjacent to an activating group) is 1. The largest absolute Gasteiger partial charge is 0.478 e. The molecule has 0 aliphatic carbocycles. The van der Waals surface area contributed by atoms with Gasteiger partial charge in [-0.1, -0.05) is 18.2 Å². The summed E-state index contributed by atoms with van der Waals surface area (Å²) in [4.78, 5) is 12.9. The van der Waals surface area contributed by atoms with E-state index in [1.54, 1.807) is 6.08 Å². The average Bonchev–Trinajstić information content (AvgIpc) is 2.66. The predicted molar refractivity (Wildman–Crippen MR) is 81.9 cm³/mol. The molecule has 106 valence electrons. The molecule has 0 spiro atoms. The van der Waals surface area contributed by atoms with Crippen molar-refractivity contribution in [3.63, 3.8) is 0 Å². The van der Waals surface area contributed by atoms with Gasteiger partial charge in [0, 0.05) is 41.3 Å². The minimum atomic E-state index is -0.922. The number of carboxylic acids is 1. The van der Waals surface area contributed by atoms with Gasteiger partial charge in [-0.3, -0.25) is 0 Å². The Kier molecular flexibility index (Phi) is 4.25. The number of fused-ring (bicyclic) bond motifs is 1. The van der Waals surface area contributed by atoms with Crippen LogP contribution in [-0.4, -0.2) is 41.2 Å². The van der Waals surface area contributed by atoms with Gasteiger partial charge in [0.05, 0.1) is 0 Å². The van der Waals surface area contributed by atoms with Gasteiger partial charge >= 0.3 is 5.97 Å². The number of carboxylic acid groups (broad SMARTS) is 1. The second-order valence-corrected chi connectivity index (χ2v) is 5.14. The quantitative estimate of drug-likeness (QED) is 0.851. The Hall–Kier alpha value is -2.07. The standard InChI is InChI=1S/C16H20N2O2/c1-12-13(8-9-16(19)20)14-6-4-5-7-15(14)18(12)11-10-17(2)3/h4-9H,10-11H2,1-3H3,(H,19,20)/b9-8+. The highest BCUT2D eigenvalue weighted by molar-refractivity contribution is 5.95. The highest BCUT2D eigenvalue weighted by atomic mass is 16.4. The second-order valence-electron chi connectivity index (χ2n) is 5.14. The fraction of sp³-hybridized carbons (Fsp3) is 0.312. The smallest absolute Gasteiger partial charge is 0.328 e. The van der Waals surface area contributed by atoms with E-state index in [2.05, 4.69) is 15.5 Å². The molecule has 0 saturated carbocycles. The molecule has 1 N–H and O–H groups in total. The van der Waals surface area contributed by atoms with Crippen LogP contribution >= 0.6 is 0 Å². The summed E-state index contributed by atoms with van der Waals surface area (Å²) in [5.41, 5.74) is 3.24. The van der Waals surface area contributed by atoms with Crippen molar-refractivity contribution in [2.24, 2.45) is 0 Å². The summed E-state index contributed by atoms with van der Waals surface area (Å²) in [6.07, 6.45) is 2.89. The van der Waals surface area contributed by atoms with Crippen LogP contribution in [0.4, 0.5) is 0 Å². The van der Waals surface area contributed by atoms with Crippen LogP contribution in [0.3, 0.4) is 0 Å². The van der Waals surface area contributed by atoms with E-state index in [1.165, 1.54) is 6.08 Å². The van der Waals surface area contributed by atoms with Crippen LogP contribution in [0.5, 0.6) is 0 Å². The molecule has 0 amide bonds. The number of carbonyl (C=O) groups is 1. The van der Waals surface area contributed by atoms with Gasteiger partial charge in [-0.2, -0.15) is 0 Å². The van der Waals surface area contributed by atoms with Crippen LogP contribution in [-0.2, 0) is 11.3 Å². The Bertz CT molecular complexity index is 654. The van der Waals surface area contributed by atoms with E-state index in [9.17, 15) is 4.79 Å². The molecule has 4 nitrogen and oxygen atoms in total. The third kappa shape index (κ3) is 2.91. The third-order valence-corrected chi connectivity index (χ3v) is 3.44. The molecule has 1 heterocycles. The maximum absolute atomic E-state index is 10.7. The molecule has 0 saturated heterocycles. The third-order valence-electron chi connectivity index (χ3n) is 3.44. The summed E-state index contributed by atoms with van der Waals surface area (Å²) < 4.78 is 2.25. The number of rotatable bonds is 5. The highest BCUT2D eigenvalue weighted by Crippen LogP contribution is 2.26. The van der Waals surface area contributed by atoms with Crippen molar-refractivity contribution >= 4 is 22.9 Å². The van der Waals surface area contributed by atoms with Gasteiger partial charge in [-0.05, 0) is 33.2 Å². The SMILES string of the molecule is Cc1c(/C=C/C(=O)O)c2ccccc2n1CCN(C)C. The fourth-order valence-corrected chi connectivity index (χ4v) is 2.41. The highest BCUT2D eigenvalue weighted by Gasteiger charge is 2.11. The van der Waals surface area contributed by atoms with E-state index in [0.29, 0.717) is 0 Å². The molecule has 0 fully saturated rings. The van der Waals surface area contributed by atoms with Crippen LogP contribution in [0.25, 0.3) is 17.0 Å². The van der Waals surface area contributed by atoms with Crippen molar-refractivity contribution in [2.75, 3.05) is 20.6 Å². The minimum absolute atomic E-state index is 0.889. The Morgan fingerprint density at radius 2 is 2.05 bits per heavy atom. The van der Waals surface area contributed by atoms with Gasteiger partial charge in [-0.25, -0.2) is 4.79 Å². The monoisotopic (exact) mass is 272 g/mol. The van der Waals surface area contributed by atoms with E-state index in [0.717, 1.165) is 35.2 Å². The molecule has 0 atom stereocenters. The van der Waals surface area contributed by atoms with E-state index >= 15 is 0 Å². The molecular formula is C16H20N2O2. The predicted octanol–water partition coefficient (Wildman–Crippen LogP) is 2.61. The molecular weight excluding hydrogens is 252 g/mol. The summed E-state index contributed by atoms with van der Waals surface area (Å²) in [5.74, 6) is -0.922. The van der Waals surface area contributed by atoms with Crippen molar-refractivity contribution in [1.29, 1.82) is 0 Å². The molecule has 0 unspecified atom stereocenters. The number of benzene rings is 1. The van der Waals surface area contributed by atoms with Crippen molar-refractivity contribution < 1.29 is 9.90 Å². The number of aromatic nitrogens is 1. The fourth-order valence-electron chi connectivity index (χ4n) is 2.41. The summed E-state index contributed by atoms with van der Waals surface area (Å²) in [7, 11) is 4.10. The summed E-state index contributed by atoms with van der Waals surface area (Å²) in [6.45, 7) is 3.87. The van der Waals surface area contributed by atoms with Crippen LogP contribution in [0.1, 0.15) is 11.3 Å². The first-order valence-electron chi connectivity index (χ1n) is 6.64. The molecule has 0 aliphatic heterocycles. The summed E-state index contributed by atoms with van der Waals surface area (Å²) >= 11 is 0. The van der Waals surface area contributed by atoms with Gasteiger partial charge in [0.25, 0.3) is 0 Å². The molecule has 0 radical (unpaired) electrons. The number of nitrogens with zero attached hydrogens (tertiary/aromatic N) is 2. The summed E-state index contributed by atoms with van der Waals surface area (Å²) in [6, 6.07) is 8.11.